The van der Waals surface area contributed by atoms with E-state index in [1.165, 1.54) is 13.5 Å². The molecule has 0 aliphatic carbocycles. The van der Waals surface area contributed by atoms with Crippen LogP contribution in [0.3, 0.4) is 0 Å². The third-order valence-electron chi connectivity index (χ3n) is 2.27. The predicted molar refractivity (Wildman–Crippen MR) is 42.2 cm³/mol. The lowest BCUT2D eigenvalue weighted by molar-refractivity contribution is -0.145. The minimum absolute atomic E-state index is 0.00231. The third kappa shape index (κ3) is 1.93. The van der Waals surface area contributed by atoms with Crippen LogP contribution in [0.4, 0.5) is 0 Å². The molecule has 1 heterocycles. The number of esters is 1. The summed E-state index contributed by atoms with van der Waals surface area (Å²) in [7, 11) is 1.44. The van der Waals surface area contributed by atoms with Crippen molar-refractivity contribution < 1.29 is 9.53 Å². The van der Waals surface area contributed by atoms with Crippen molar-refractivity contribution in [3.63, 3.8) is 0 Å². The highest BCUT2D eigenvalue weighted by atomic mass is 16.5. The molecule has 1 aliphatic heterocycles. The van der Waals surface area contributed by atoms with Gasteiger partial charge in [0.15, 0.2) is 0 Å². The molecule has 0 aromatic carbocycles. The molecule has 0 saturated carbocycles. The minimum atomic E-state index is -0.107. The molecule has 0 bridgehead atoms. The first kappa shape index (κ1) is 8.53. The molecule has 0 aromatic heterocycles. The average Bonchev–Trinajstić information content (AvgIpc) is 2.53. The molecule has 1 aliphatic rings. The smallest absolute Gasteiger partial charge is 0.309 e. The molecule has 1 N–H and O–H groups in total. The number of hydrogen-bond donors (Lipinski definition) is 1. The Morgan fingerprint density at radius 1 is 1.73 bits per heavy atom. The number of ether oxygens (including phenoxy) is 1. The Balaban J connectivity index is 2.39. The van der Waals surface area contributed by atoms with Crippen molar-refractivity contribution >= 4 is 5.97 Å². The lowest BCUT2D eigenvalue weighted by Gasteiger charge is -2.16. The first-order chi connectivity index (χ1) is 5.25. The first-order valence-corrected chi connectivity index (χ1v) is 4.07. The summed E-state index contributed by atoms with van der Waals surface area (Å²) in [4.78, 5) is 11.0. The van der Waals surface area contributed by atoms with Crippen LogP contribution in [0.25, 0.3) is 0 Å². The number of rotatable bonds is 2. The van der Waals surface area contributed by atoms with E-state index in [2.05, 4.69) is 10.1 Å². The van der Waals surface area contributed by atoms with E-state index >= 15 is 0 Å². The molecule has 2 atom stereocenters. The Labute approximate surface area is 67.1 Å². The van der Waals surface area contributed by atoms with Crippen LogP contribution in [-0.2, 0) is 9.53 Å². The molecule has 1 fully saturated rings. The second-order valence-electron chi connectivity index (χ2n) is 3.01. The summed E-state index contributed by atoms with van der Waals surface area (Å²) in [6, 6.07) is 0.336. The van der Waals surface area contributed by atoms with Crippen molar-refractivity contribution in [3.05, 3.63) is 0 Å². The number of methoxy groups -OCH3 is 1. The molecular formula is C8H15NO2. The highest BCUT2D eigenvalue weighted by molar-refractivity contribution is 5.72. The monoisotopic (exact) mass is 157 g/mol. The zero-order valence-corrected chi connectivity index (χ0v) is 7.09. The SMILES string of the molecule is COC(=O)[C@@H](C)[C@H]1CCCN1. The van der Waals surface area contributed by atoms with E-state index in [0.29, 0.717) is 6.04 Å². The van der Waals surface area contributed by atoms with Gasteiger partial charge in [0.2, 0.25) is 0 Å². The molecule has 11 heavy (non-hydrogen) atoms. The van der Waals surface area contributed by atoms with Crippen LogP contribution in [-0.4, -0.2) is 25.7 Å². The molecule has 0 aromatic rings. The largest absolute Gasteiger partial charge is 0.469 e. The maximum Gasteiger partial charge on any atom is 0.309 e. The lowest BCUT2D eigenvalue weighted by atomic mass is 10.0. The summed E-state index contributed by atoms with van der Waals surface area (Å²) in [5.41, 5.74) is 0. The van der Waals surface area contributed by atoms with Gasteiger partial charge in [0.1, 0.15) is 0 Å². The van der Waals surface area contributed by atoms with Crippen molar-refractivity contribution in [2.24, 2.45) is 5.92 Å². The van der Waals surface area contributed by atoms with E-state index in [1.807, 2.05) is 6.92 Å². The van der Waals surface area contributed by atoms with E-state index in [9.17, 15) is 4.79 Å². The van der Waals surface area contributed by atoms with Crippen molar-refractivity contribution in [1.82, 2.24) is 5.32 Å². The van der Waals surface area contributed by atoms with E-state index < -0.39 is 0 Å². The average molecular weight is 157 g/mol. The number of hydrogen-bond acceptors (Lipinski definition) is 3. The van der Waals surface area contributed by atoms with Gasteiger partial charge in [-0.15, -0.1) is 0 Å². The topological polar surface area (TPSA) is 38.3 Å². The van der Waals surface area contributed by atoms with Gasteiger partial charge in [0.25, 0.3) is 0 Å². The maximum atomic E-state index is 11.0. The van der Waals surface area contributed by atoms with Gasteiger partial charge in [-0.05, 0) is 19.4 Å². The van der Waals surface area contributed by atoms with Gasteiger partial charge in [-0.3, -0.25) is 4.79 Å². The van der Waals surface area contributed by atoms with Crippen molar-refractivity contribution in [2.75, 3.05) is 13.7 Å². The van der Waals surface area contributed by atoms with Crippen LogP contribution in [0.5, 0.6) is 0 Å². The summed E-state index contributed by atoms with van der Waals surface area (Å²) in [5.74, 6) is -0.105. The highest BCUT2D eigenvalue weighted by Crippen LogP contribution is 2.15. The van der Waals surface area contributed by atoms with Crippen LogP contribution in [0, 0.1) is 5.92 Å². The van der Waals surface area contributed by atoms with E-state index in [1.54, 1.807) is 0 Å². The molecule has 0 unspecified atom stereocenters. The first-order valence-electron chi connectivity index (χ1n) is 4.07. The van der Waals surface area contributed by atoms with Gasteiger partial charge in [-0.2, -0.15) is 0 Å². The van der Waals surface area contributed by atoms with Crippen molar-refractivity contribution in [1.29, 1.82) is 0 Å². The second-order valence-corrected chi connectivity index (χ2v) is 3.01. The maximum absolute atomic E-state index is 11.0. The number of nitrogens with one attached hydrogen (secondary N) is 1. The van der Waals surface area contributed by atoms with Crippen LogP contribution < -0.4 is 5.32 Å². The van der Waals surface area contributed by atoms with Gasteiger partial charge in [0.05, 0.1) is 13.0 Å². The Morgan fingerprint density at radius 3 is 2.91 bits per heavy atom. The van der Waals surface area contributed by atoms with Crippen molar-refractivity contribution in [3.8, 4) is 0 Å². The number of carbonyl (C=O) groups is 1. The summed E-state index contributed by atoms with van der Waals surface area (Å²) in [6.07, 6.45) is 2.27. The summed E-state index contributed by atoms with van der Waals surface area (Å²) >= 11 is 0. The molecule has 3 nitrogen and oxygen atoms in total. The van der Waals surface area contributed by atoms with Gasteiger partial charge in [-0.25, -0.2) is 0 Å². The zero-order valence-electron chi connectivity index (χ0n) is 7.09. The van der Waals surface area contributed by atoms with E-state index in [-0.39, 0.29) is 11.9 Å². The fourth-order valence-electron chi connectivity index (χ4n) is 1.49. The molecule has 0 amide bonds. The molecule has 1 saturated heterocycles. The van der Waals surface area contributed by atoms with Crippen molar-refractivity contribution in [2.45, 2.75) is 25.8 Å². The molecular weight excluding hydrogens is 142 g/mol. The normalized spacial score (nSPS) is 26.5. The summed E-state index contributed by atoms with van der Waals surface area (Å²) in [6.45, 7) is 2.95. The molecule has 0 spiro atoms. The fourth-order valence-corrected chi connectivity index (χ4v) is 1.49. The van der Waals surface area contributed by atoms with Gasteiger partial charge in [0, 0.05) is 6.04 Å². The highest BCUT2D eigenvalue weighted by Gasteiger charge is 2.26. The van der Waals surface area contributed by atoms with Crippen LogP contribution in [0.1, 0.15) is 19.8 Å². The van der Waals surface area contributed by atoms with Crippen LogP contribution in [0.15, 0.2) is 0 Å². The summed E-state index contributed by atoms with van der Waals surface area (Å²) < 4.78 is 4.65. The molecule has 1 rings (SSSR count). The molecule has 0 radical (unpaired) electrons. The predicted octanol–water partition coefficient (Wildman–Crippen LogP) is 0.547. The van der Waals surface area contributed by atoms with Crippen LogP contribution >= 0.6 is 0 Å². The van der Waals surface area contributed by atoms with Gasteiger partial charge < -0.3 is 10.1 Å². The minimum Gasteiger partial charge on any atom is -0.469 e. The number of carbonyl (C=O) groups excluding carboxylic acids is 1. The van der Waals surface area contributed by atoms with Gasteiger partial charge in [-0.1, -0.05) is 6.92 Å². The fraction of sp³-hybridized carbons (Fsp3) is 0.875. The molecule has 3 heteroatoms. The Hall–Kier alpha value is -0.570. The quantitative estimate of drug-likeness (QED) is 0.595. The Morgan fingerprint density at radius 2 is 2.45 bits per heavy atom. The standard InChI is InChI=1S/C8H15NO2/c1-6(8(10)11-2)7-4-3-5-9-7/h6-7,9H,3-5H2,1-2H3/t6-,7+/m0/s1. The Bertz CT molecular complexity index is 141. The molecule has 64 valence electrons. The Kier molecular flexibility index (Phi) is 2.88. The van der Waals surface area contributed by atoms with Crippen LogP contribution in [0.2, 0.25) is 0 Å². The van der Waals surface area contributed by atoms with Gasteiger partial charge >= 0.3 is 5.97 Å². The summed E-state index contributed by atoms with van der Waals surface area (Å²) in [5, 5.41) is 3.27. The zero-order chi connectivity index (χ0) is 8.27. The second kappa shape index (κ2) is 3.72. The van der Waals surface area contributed by atoms with E-state index in [4.69, 9.17) is 0 Å². The lowest BCUT2D eigenvalue weighted by Crippen LogP contribution is -2.34. The third-order valence-corrected chi connectivity index (χ3v) is 2.27. The van der Waals surface area contributed by atoms with E-state index in [0.717, 1.165) is 13.0 Å².